The Hall–Kier alpha value is -1.39. The van der Waals surface area contributed by atoms with Crippen LogP contribution in [0.15, 0.2) is 24.3 Å². The number of methoxy groups -OCH3 is 2. The van der Waals surface area contributed by atoms with E-state index in [0.29, 0.717) is 5.56 Å². The van der Waals surface area contributed by atoms with Crippen LogP contribution in [0.4, 0.5) is 0 Å². The van der Waals surface area contributed by atoms with Gasteiger partial charge in [0, 0.05) is 13.5 Å². The molecule has 0 bridgehead atoms. The molecule has 18 heavy (non-hydrogen) atoms. The van der Waals surface area contributed by atoms with E-state index in [1.165, 1.54) is 7.11 Å². The van der Waals surface area contributed by atoms with Gasteiger partial charge in [0.15, 0.2) is 6.10 Å². The number of aliphatic hydroxyl groups excluding tert-OH is 1. The van der Waals surface area contributed by atoms with Gasteiger partial charge in [-0.25, -0.2) is 4.79 Å². The lowest BCUT2D eigenvalue weighted by Gasteiger charge is -2.15. The monoisotopic (exact) mass is 250 g/mol. The SMILES string of the molecule is COC(=O)C(O)c1cccc(CC2(OC)CC2)c1. The summed E-state index contributed by atoms with van der Waals surface area (Å²) in [4.78, 5) is 11.3. The maximum atomic E-state index is 11.3. The van der Waals surface area contributed by atoms with Gasteiger partial charge in [-0.05, 0) is 24.0 Å². The number of hydrogen-bond donors (Lipinski definition) is 1. The molecule has 0 spiro atoms. The molecule has 98 valence electrons. The normalized spacial score (nSPS) is 18.2. The average Bonchev–Trinajstić information content (AvgIpc) is 3.17. The fourth-order valence-electron chi connectivity index (χ4n) is 2.09. The Morgan fingerprint density at radius 1 is 1.44 bits per heavy atom. The van der Waals surface area contributed by atoms with Gasteiger partial charge in [0.1, 0.15) is 0 Å². The van der Waals surface area contributed by atoms with Gasteiger partial charge in [0.05, 0.1) is 12.7 Å². The Morgan fingerprint density at radius 2 is 2.17 bits per heavy atom. The van der Waals surface area contributed by atoms with E-state index in [9.17, 15) is 9.90 Å². The molecule has 0 amide bonds. The van der Waals surface area contributed by atoms with Crippen LogP contribution in [0.5, 0.6) is 0 Å². The average molecular weight is 250 g/mol. The molecule has 1 saturated carbocycles. The molecule has 0 heterocycles. The van der Waals surface area contributed by atoms with Crippen LogP contribution < -0.4 is 0 Å². The standard InChI is InChI=1S/C14H18O4/c1-17-13(16)12(15)11-5-3-4-10(8-11)9-14(18-2)6-7-14/h3-5,8,12,15H,6-7,9H2,1-2H3. The summed E-state index contributed by atoms with van der Waals surface area (Å²) < 4.78 is 9.99. The molecule has 0 aromatic heterocycles. The third-order valence-corrected chi connectivity index (χ3v) is 3.46. The van der Waals surface area contributed by atoms with E-state index in [4.69, 9.17) is 4.74 Å². The van der Waals surface area contributed by atoms with Crippen LogP contribution in [0.3, 0.4) is 0 Å². The Labute approximate surface area is 107 Å². The zero-order valence-corrected chi connectivity index (χ0v) is 10.7. The number of esters is 1. The first-order valence-electron chi connectivity index (χ1n) is 6.00. The number of rotatable bonds is 5. The van der Waals surface area contributed by atoms with Crippen molar-refractivity contribution in [1.82, 2.24) is 0 Å². The Bertz CT molecular complexity index is 437. The molecule has 0 aliphatic heterocycles. The first kappa shape index (κ1) is 13.1. The van der Waals surface area contributed by atoms with Gasteiger partial charge >= 0.3 is 5.97 Å². The van der Waals surface area contributed by atoms with Crippen molar-refractivity contribution in [3.63, 3.8) is 0 Å². The first-order chi connectivity index (χ1) is 8.60. The summed E-state index contributed by atoms with van der Waals surface area (Å²) in [5.74, 6) is -0.639. The molecule has 1 aliphatic rings. The summed E-state index contributed by atoms with van der Waals surface area (Å²) >= 11 is 0. The Balaban J connectivity index is 2.12. The van der Waals surface area contributed by atoms with Crippen LogP contribution in [-0.4, -0.2) is 30.9 Å². The Morgan fingerprint density at radius 3 is 2.72 bits per heavy atom. The van der Waals surface area contributed by atoms with Gasteiger partial charge in [-0.3, -0.25) is 0 Å². The molecule has 4 heteroatoms. The third-order valence-electron chi connectivity index (χ3n) is 3.46. The van der Waals surface area contributed by atoms with Crippen LogP contribution in [0.25, 0.3) is 0 Å². The van der Waals surface area contributed by atoms with Crippen LogP contribution in [0, 0.1) is 0 Å². The van der Waals surface area contributed by atoms with Crippen LogP contribution in [-0.2, 0) is 20.7 Å². The minimum atomic E-state index is -1.22. The number of benzene rings is 1. The van der Waals surface area contributed by atoms with Crippen molar-refractivity contribution in [3.05, 3.63) is 35.4 Å². The van der Waals surface area contributed by atoms with E-state index in [1.54, 1.807) is 13.2 Å². The molecular formula is C14H18O4. The van der Waals surface area contributed by atoms with Crippen molar-refractivity contribution in [3.8, 4) is 0 Å². The minimum Gasteiger partial charge on any atom is -0.467 e. The zero-order chi connectivity index (χ0) is 13.2. The van der Waals surface area contributed by atoms with Crippen molar-refractivity contribution in [2.24, 2.45) is 0 Å². The highest BCUT2D eigenvalue weighted by Gasteiger charge is 2.42. The predicted octanol–water partition coefficient (Wildman–Crippen LogP) is 1.61. The van der Waals surface area contributed by atoms with E-state index < -0.39 is 12.1 Å². The lowest BCUT2D eigenvalue weighted by molar-refractivity contribution is -0.150. The fraction of sp³-hybridized carbons (Fsp3) is 0.500. The third kappa shape index (κ3) is 2.71. The summed E-state index contributed by atoms with van der Waals surface area (Å²) in [5, 5.41) is 9.78. The molecule has 1 N–H and O–H groups in total. The van der Waals surface area contributed by atoms with E-state index in [2.05, 4.69) is 4.74 Å². The maximum absolute atomic E-state index is 11.3. The molecule has 0 radical (unpaired) electrons. The minimum absolute atomic E-state index is 0.0329. The molecule has 0 saturated heterocycles. The quantitative estimate of drug-likeness (QED) is 0.807. The van der Waals surface area contributed by atoms with Gasteiger partial charge in [0.2, 0.25) is 0 Å². The summed E-state index contributed by atoms with van der Waals surface area (Å²) in [7, 11) is 2.99. The van der Waals surface area contributed by atoms with Gasteiger partial charge in [0.25, 0.3) is 0 Å². The van der Waals surface area contributed by atoms with Crippen molar-refractivity contribution in [2.45, 2.75) is 31.0 Å². The number of carbonyl (C=O) groups excluding carboxylic acids is 1. The number of ether oxygens (including phenoxy) is 2. The number of aliphatic hydroxyl groups is 1. The largest absolute Gasteiger partial charge is 0.467 e. The summed E-state index contributed by atoms with van der Waals surface area (Å²) in [6.07, 6.45) is 1.72. The molecule has 1 aromatic rings. The molecule has 2 rings (SSSR count). The first-order valence-corrected chi connectivity index (χ1v) is 6.00. The number of carbonyl (C=O) groups is 1. The van der Waals surface area contributed by atoms with Crippen LogP contribution in [0.1, 0.15) is 30.1 Å². The van der Waals surface area contributed by atoms with Crippen molar-refractivity contribution in [1.29, 1.82) is 0 Å². The highest BCUT2D eigenvalue weighted by molar-refractivity contribution is 5.76. The lowest BCUT2D eigenvalue weighted by Crippen LogP contribution is -2.16. The highest BCUT2D eigenvalue weighted by atomic mass is 16.5. The maximum Gasteiger partial charge on any atom is 0.339 e. The molecule has 1 unspecified atom stereocenters. The smallest absolute Gasteiger partial charge is 0.339 e. The van der Waals surface area contributed by atoms with E-state index >= 15 is 0 Å². The van der Waals surface area contributed by atoms with Crippen LogP contribution in [0.2, 0.25) is 0 Å². The molecule has 1 fully saturated rings. The van der Waals surface area contributed by atoms with E-state index in [0.717, 1.165) is 24.8 Å². The van der Waals surface area contributed by atoms with Gasteiger partial charge in [-0.2, -0.15) is 0 Å². The van der Waals surface area contributed by atoms with Gasteiger partial charge in [-0.1, -0.05) is 24.3 Å². The molecule has 1 atom stereocenters. The second kappa shape index (κ2) is 5.08. The van der Waals surface area contributed by atoms with Crippen molar-refractivity contribution >= 4 is 5.97 Å². The zero-order valence-electron chi connectivity index (χ0n) is 10.7. The second-order valence-corrected chi connectivity index (χ2v) is 4.73. The fourth-order valence-corrected chi connectivity index (χ4v) is 2.09. The molecule has 1 aliphatic carbocycles. The van der Waals surface area contributed by atoms with Crippen LogP contribution >= 0.6 is 0 Å². The van der Waals surface area contributed by atoms with E-state index in [1.807, 2.05) is 18.2 Å². The second-order valence-electron chi connectivity index (χ2n) is 4.73. The molecule has 4 nitrogen and oxygen atoms in total. The topological polar surface area (TPSA) is 55.8 Å². The van der Waals surface area contributed by atoms with Crippen molar-refractivity contribution in [2.75, 3.05) is 14.2 Å². The lowest BCUT2D eigenvalue weighted by atomic mass is 10.0. The van der Waals surface area contributed by atoms with E-state index in [-0.39, 0.29) is 5.60 Å². The predicted molar refractivity (Wildman–Crippen MR) is 66.1 cm³/mol. The summed E-state index contributed by atoms with van der Waals surface area (Å²) in [5.41, 5.74) is 1.59. The Kier molecular flexibility index (Phi) is 3.68. The molecule has 1 aromatic carbocycles. The van der Waals surface area contributed by atoms with Gasteiger partial charge < -0.3 is 14.6 Å². The van der Waals surface area contributed by atoms with Crippen molar-refractivity contribution < 1.29 is 19.4 Å². The highest BCUT2D eigenvalue weighted by Crippen LogP contribution is 2.41. The summed E-state index contributed by atoms with van der Waals surface area (Å²) in [6.45, 7) is 0. The molecular weight excluding hydrogens is 232 g/mol. The summed E-state index contributed by atoms with van der Waals surface area (Å²) in [6, 6.07) is 7.37. The van der Waals surface area contributed by atoms with Gasteiger partial charge in [-0.15, -0.1) is 0 Å². The number of hydrogen-bond acceptors (Lipinski definition) is 4.